The smallest absolute Gasteiger partial charge is 0.262 e. The monoisotopic (exact) mass is 270 g/mol. The Hall–Kier alpha value is -2.30. The quantitative estimate of drug-likeness (QED) is 0.615. The van der Waals surface area contributed by atoms with Crippen molar-refractivity contribution < 1.29 is 0 Å². The fourth-order valence-corrected chi connectivity index (χ4v) is 2.59. The Balaban J connectivity index is 2.59. The SMILES string of the molecule is Cn1c(=O)c2c(C(C)(C)C)[nH]nc2c2ccc(N)cc21. The molecule has 2 aromatic heterocycles. The van der Waals surface area contributed by atoms with E-state index in [0.717, 1.165) is 16.6 Å². The van der Waals surface area contributed by atoms with E-state index in [1.165, 1.54) is 0 Å². The standard InChI is InChI=1S/C15H18N4O/c1-15(2,3)13-11-12(17-18-13)9-6-5-8(16)7-10(9)19(4)14(11)20/h5-7H,16H2,1-4H3,(H,17,18). The van der Waals surface area contributed by atoms with E-state index in [4.69, 9.17) is 5.73 Å². The molecule has 3 N–H and O–H groups in total. The number of nitrogens with one attached hydrogen (secondary N) is 1. The van der Waals surface area contributed by atoms with Crippen molar-refractivity contribution in [2.24, 2.45) is 7.05 Å². The minimum Gasteiger partial charge on any atom is -0.399 e. The molecular formula is C15H18N4O. The molecule has 104 valence electrons. The minimum atomic E-state index is -0.164. The van der Waals surface area contributed by atoms with Gasteiger partial charge in [-0.1, -0.05) is 20.8 Å². The highest BCUT2D eigenvalue weighted by molar-refractivity contribution is 6.05. The maximum absolute atomic E-state index is 12.6. The fraction of sp³-hybridized carbons (Fsp3) is 0.333. The van der Waals surface area contributed by atoms with Crippen LogP contribution in [0.2, 0.25) is 0 Å². The van der Waals surface area contributed by atoms with Crippen molar-refractivity contribution in [3.8, 4) is 0 Å². The van der Waals surface area contributed by atoms with Crippen molar-refractivity contribution in [2.45, 2.75) is 26.2 Å². The summed E-state index contributed by atoms with van der Waals surface area (Å²) in [5, 5.41) is 9.00. The molecule has 3 rings (SSSR count). The normalized spacial score (nSPS) is 12.4. The van der Waals surface area contributed by atoms with Crippen molar-refractivity contribution in [3.05, 3.63) is 34.2 Å². The molecule has 0 atom stereocenters. The molecule has 3 aromatic rings. The maximum Gasteiger partial charge on any atom is 0.262 e. The van der Waals surface area contributed by atoms with E-state index in [1.54, 1.807) is 11.6 Å². The number of nitrogen functional groups attached to an aromatic ring is 1. The number of fused-ring (bicyclic) bond motifs is 3. The maximum atomic E-state index is 12.6. The van der Waals surface area contributed by atoms with Crippen LogP contribution in [0.15, 0.2) is 23.0 Å². The Labute approximate surface area is 116 Å². The summed E-state index contributed by atoms with van der Waals surface area (Å²) in [6.45, 7) is 6.19. The van der Waals surface area contributed by atoms with Crippen LogP contribution in [0.25, 0.3) is 21.8 Å². The molecular weight excluding hydrogens is 252 g/mol. The summed E-state index contributed by atoms with van der Waals surface area (Å²) in [6.07, 6.45) is 0. The first kappa shape index (κ1) is 12.7. The summed E-state index contributed by atoms with van der Waals surface area (Å²) < 4.78 is 1.64. The topological polar surface area (TPSA) is 76.7 Å². The highest BCUT2D eigenvalue weighted by atomic mass is 16.1. The van der Waals surface area contributed by atoms with Crippen molar-refractivity contribution in [1.82, 2.24) is 14.8 Å². The predicted octanol–water partition coefficient (Wildman–Crippen LogP) is 2.29. The number of nitrogens with zero attached hydrogens (tertiary/aromatic N) is 2. The lowest BCUT2D eigenvalue weighted by Crippen LogP contribution is -2.21. The van der Waals surface area contributed by atoms with Crippen LogP contribution in [0.3, 0.4) is 0 Å². The van der Waals surface area contributed by atoms with Crippen LogP contribution in [0.4, 0.5) is 5.69 Å². The summed E-state index contributed by atoms with van der Waals surface area (Å²) in [4.78, 5) is 12.6. The first-order chi connectivity index (χ1) is 9.30. The Kier molecular flexibility index (Phi) is 2.45. The second-order valence-corrected chi connectivity index (χ2v) is 6.21. The predicted molar refractivity (Wildman–Crippen MR) is 82.0 cm³/mol. The molecule has 2 heterocycles. The first-order valence-corrected chi connectivity index (χ1v) is 6.57. The van der Waals surface area contributed by atoms with E-state index in [0.29, 0.717) is 16.6 Å². The third-order valence-corrected chi connectivity index (χ3v) is 3.67. The van der Waals surface area contributed by atoms with Gasteiger partial charge in [0.05, 0.1) is 16.6 Å². The largest absolute Gasteiger partial charge is 0.399 e. The molecule has 5 nitrogen and oxygen atoms in total. The van der Waals surface area contributed by atoms with Crippen molar-refractivity contribution in [1.29, 1.82) is 0 Å². The van der Waals surface area contributed by atoms with Crippen LogP contribution in [-0.2, 0) is 12.5 Å². The number of hydrogen-bond acceptors (Lipinski definition) is 3. The third-order valence-electron chi connectivity index (χ3n) is 3.67. The van der Waals surface area contributed by atoms with Gasteiger partial charge in [-0.05, 0) is 18.2 Å². The van der Waals surface area contributed by atoms with Crippen LogP contribution < -0.4 is 11.3 Å². The number of rotatable bonds is 0. The zero-order valence-corrected chi connectivity index (χ0v) is 12.1. The number of aromatic amines is 1. The van der Waals surface area contributed by atoms with Crippen LogP contribution in [0.5, 0.6) is 0 Å². The van der Waals surface area contributed by atoms with E-state index >= 15 is 0 Å². The van der Waals surface area contributed by atoms with Crippen LogP contribution >= 0.6 is 0 Å². The van der Waals surface area contributed by atoms with Gasteiger partial charge in [-0.3, -0.25) is 9.89 Å². The van der Waals surface area contributed by atoms with Crippen LogP contribution in [-0.4, -0.2) is 14.8 Å². The highest BCUT2D eigenvalue weighted by Crippen LogP contribution is 2.29. The number of aromatic nitrogens is 3. The van der Waals surface area contributed by atoms with Gasteiger partial charge in [-0.15, -0.1) is 0 Å². The van der Waals surface area contributed by atoms with Crippen molar-refractivity contribution >= 4 is 27.5 Å². The zero-order chi connectivity index (χ0) is 14.7. The van der Waals surface area contributed by atoms with E-state index in [-0.39, 0.29) is 11.0 Å². The molecule has 0 spiro atoms. The molecule has 0 amide bonds. The summed E-state index contributed by atoms with van der Waals surface area (Å²) in [5.41, 5.74) is 8.63. The van der Waals surface area contributed by atoms with Gasteiger partial charge in [0.2, 0.25) is 0 Å². The van der Waals surface area contributed by atoms with Gasteiger partial charge in [0.25, 0.3) is 5.56 Å². The zero-order valence-electron chi connectivity index (χ0n) is 12.1. The molecule has 0 aliphatic rings. The molecule has 0 fully saturated rings. The summed E-state index contributed by atoms with van der Waals surface area (Å²) in [7, 11) is 1.77. The number of benzene rings is 1. The molecule has 0 aliphatic carbocycles. The van der Waals surface area contributed by atoms with Gasteiger partial charge in [0.1, 0.15) is 5.52 Å². The minimum absolute atomic E-state index is 0.0447. The molecule has 0 saturated heterocycles. The number of H-pyrrole nitrogens is 1. The molecule has 0 unspecified atom stereocenters. The molecule has 0 bridgehead atoms. The lowest BCUT2D eigenvalue weighted by molar-refractivity contribution is 0.571. The van der Waals surface area contributed by atoms with E-state index in [2.05, 4.69) is 31.0 Å². The van der Waals surface area contributed by atoms with Gasteiger partial charge in [-0.2, -0.15) is 5.10 Å². The second kappa shape index (κ2) is 3.85. The second-order valence-electron chi connectivity index (χ2n) is 6.21. The summed E-state index contributed by atoms with van der Waals surface area (Å²) >= 11 is 0. The Morgan fingerprint density at radius 1 is 1.30 bits per heavy atom. The fourth-order valence-electron chi connectivity index (χ4n) is 2.59. The molecule has 0 radical (unpaired) electrons. The first-order valence-electron chi connectivity index (χ1n) is 6.57. The van der Waals surface area contributed by atoms with Crippen molar-refractivity contribution in [2.75, 3.05) is 5.73 Å². The summed E-state index contributed by atoms with van der Waals surface area (Å²) in [6, 6.07) is 5.55. The van der Waals surface area contributed by atoms with E-state index in [9.17, 15) is 4.79 Å². The molecule has 0 aliphatic heterocycles. The van der Waals surface area contributed by atoms with Crippen molar-refractivity contribution in [3.63, 3.8) is 0 Å². The van der Waals surface area contributed by atoms with Crippen LogP contribution in [0.1, 0.15) is 26.5 Å². The summed E-state index contributed by atoms with van der Waals surface area (Å²) in [5.74, 6) is 0. The molecule has 20 heavy (non-hydrogen) atoms. The Morgan fingerprint density at radius 2 is 2.00 bits per heavy atom. The van der Waals surface area contributed by atoms with Gasteiger partial charge in [0, 0.05) is 23.5 Å². The van der Waals surface area contributed by atoms with Gasteiger partial charge in [0.15, 0.2) is 0 Å². The van der Waals surface area contributed by atoms with Gasteiger partial charge in [-0.25, -0.2) is 0 Å². The van der Waals surface area contributed by atoms with Crippen LogP contribution in [0, 0.1) is 0 Å². The highest BCUT2D eigenvalue weighted by Gasteiger charge is 2.23. The molecule has 0 saturated carbocycles. The third kappa shape index (κ3) is 1.62. The van der Waals surface area contributed by atoms with E-state index in [1.807, 2.05) is 18.2 Å². The average molecular weight is 270 g/mol. The lowest BCUT2D eigenvalue weighted by atomic mass is 9.90. The van der Waals surface area contributed by atoms with Gasteiger partial charge >= 0.3 is 0 Å². The molecule has 5 heteroatoms. The van der Waals surface area contributed by atoms with E-state index < -0.39 is 0 Å². The van der Waals surface area contributed by atoms with Gasteiger partial charge < -0.3 is 10.3 Å². The number of nitrogens with two attached hydrogens (primary N) is 1. The number of hydrogen-bond donors (Lipinski definition) is 2. The lowest BCUT2D eigenvalue weighted by Gasteiger charge is -2.16. The number of anilines is 1. The molecule has 1 aromatic carbocycles. The number of pyridine rings is 1. The average Bonchev–Trinajstić information content (AvgIpc) is 2.80. The Morgan fingerprint density at radius 3 is 2.65 bits per heavy atom. The Bertz CT molecular complexity index is 881. The number of aryl methyl sites for hydroxylation is 1.